The van der Waals surface area contributed by atoms with E-state index in [1.807, 2.05) is 30.3 Å². The molecule has 0 saturated heterocycles. The Labute approximate surface area is 167 Å². The highest BCUT2D eigenvalue weighted by Crippen LogP contribution is 2.47. The van der Waals surface area contributed by atoms with Crippen molar-refractivity contribution in [3.05, 3.63) is 42.2 Å². The van der Waals surface area contributed by atoms with Crippen LogP contribution in [0.5, 0.6) is 0 Å². The number of aromatic nitrogens is 1. The molecule has 0 radical (unpaired) electrons. The van der Waals surface area contributed by atoms with Crippen LogP contribution in [-0.2, 0) is 11.3 Å². The van der Waals surface area contributed by atoms with Crippen molar-refractivity contribution in [3.63, 3.8) is 0 Å². The normalized spacial score (nSPS) is 26.3. The minimum atomic E-state index is -0.0348. The highest BCUT2D eigenvalue weighted by Gasteiger charge is 2.48. The van der Waals surface area contributed by atoms with Gasteiger partial charge in [-0.25, -0.2) is 4.98 Å². The molecule has 2 aromatic heterocycles. The highest BCUT2D eigenvalue weighted by atomic mass is 35.5. The van der Waals surface area contributed by atoms with Crippen molar-refractivity contribution >= 4 is 39.9 Å². The summed E-state index contributed by atoms with van der Waals surface area (Å²) in [4.78, 5) is 17.2. The summed E-state index contributed by atoms with van der Waals surface area (Å²) in [5.41, 5.74) is 7.24. The molecule has 3 N–H and O–H groups in total. The quantitative estimate of drug-likeness (QED) is 0.690. The van der Waals surface area contributed by atoms with Gasteiger partial charge in [0.05, 0.1) is 22.7 Å². The molecule has 1 aromatic carbocycles. The van der Waals surface area contributed by atoms with Gasteiger partial charge in [0.1, 0.15) is 5.76 Å². The van der Waals surface area contributed by atoms with Crippen LogP contribution in [0.3, 0.4) is 0 Å². The zero-order valence-electron chi connectivity index (χ0n) is 14.8. The number of carbonyl (C=O) groups is 1. The number of benzene rings is 1. The molecular formula is C20H22ClN3O2S. The van der Waals surface area contributed by atoms with Gasteiger partial charge in [0.2, 0.25) is 5.91 Å². The number of nitrogens with two attached hydrogens (primary N) is 1. The predicted octanol–water partition coefficient (Wildman–Crippen LogP) is 3.97. The molecule has 4 unspecified atom stereocenters. The van der Waals surface area contributed by atoms with Gasteiger partial charge in [-0.3, -0.25) is 4.79 Å². The van der Waals surface area contributed by atoms with E-state index in [-0.39, 0.29) is 30.3 Å². The van der Waals surface area contributed by atoms with Crippen LogP contribution in [0.4, 0.5) is 0 Å². The Balaban J connectivity index is 0.00000180. The molecule has 0 spiro atoms. The van der Waals surface area contributed by atoms with Crippen molar-refractivity contribution in [3.8, 4) is 10.8 Å². The van der Waals surface area contributed by atoms with E-state index in [1.54, 1.807) is 11.3 Å². The molecule has 2 aliphatic carbocycles. The van der Waals surface area contributed by atoms with Gasteiger partial charge in [-0.2, -0.15) is 0 Å². The maximum Gasteiger partial charge on any atom is 0.225 e. The molecular weight excluding hydrogens is 382 g/mol. The molecule has 5 rings (SSSR count). The average molecular weight is 404 g/mol. The molecule has 2 heterocycles. The van der Waals surface area contributed by atoms with Gasteiger partial charge in [-0.05, 0) is 55.4 Å². The first-order valence-corrected chi connectivity index (χ1v) is 9.98. The van der Waals surface area contributed by atoms with Gasteiger partial charge in [0.15, 0.2) is 10.8 Å². The number of carbonyl (C=O) groups excluding carboxylic acids is 1. The number of furan rings is 1. The van der Waals surface area contributed by atoms with Crippen LogP contribution in [0, 0.1) is 17.8 Å². The van der Waals surface area contributed by atoms with Crippen LogP contribution in [-0.4, -0.2) is 16.9 Å². The average Bonchev–Trinajstić information content (AvgIpc) is 3.40. The maximum absolute atomic E-state index is 12.6. The Hall–Kier alpha value is -1.89. The lowest BCUT2D eigenvalue weighted by Crippen LogP contribution is -2.45. The van der Waals surface area contributed by atoms with Gasteiger partial charge in [-0.1, -0.05) is 12.1 Å². The second kappa shape index (κ2) is 7.26. The lowest BCUT2D eigenvalue weighted by molar-refractivity contribution is -0.127. The van der Waals surface area contributed by atoms with Crippen molar-refractivity contribution in [2.24, 2.45) is 23.5 Å². The van der Waals surface area contributed by atoms with E-state index in [1.165, 1.54) is 6.42 Å². The SMILES string of the molecule is Cl.NC1C2CCC(C2)C1C(=O)NCc1ccc(-c2nc3ccccc3s2)o1. The number of hydrogen-bond acceptors (Lipinski definition) is 5. The molecule has 2 aliphatic rings. The molecule has 2 fully saturated rings. The van der Waals surface area contributed by atoms with Crippen LogP contribution in [0.1, 0.15) is 25.0 Å². The number of thiazole rings is 1. The molecule has 4 atom stereocenters. The van der Waals surface area contributed by atoms with Crippen molar-refractivity contribution in [1.29, 1.82) is 0 Å². The first-order chi connectivity index (χ1) is 12.7. The van der Waals surface area contributed by atoms with Crippen LogP contribution in [0.2, 0.25) is 0 Å². The van der Waals surface area contributed by atoms with Crippen molar-refractivity contribution in [2.75, 3.05) is 0 Å². The Morgan fingerprint density at radius 1 is 1.22 bits per heavy atom. The zero-order valence-corrected chi connectivity index (χ0v) is 16.4. The largest absolute Gasteiger partial charge is 0.457 e. The smallest absolute Gasteiger partial charge is 0.225 e. The van der Waals surface area contributed by atoms with E-state index in [0.29, 0.717) is 18.4 Å². The fraction of sp³-hybridized carbons (Fsp3) is 0.400. The Morgan fingerprint density at radius 2 is 2.04 bits per heavy atom. The number of hydrogen-bond donors (Lipinski definition) is 2. The van der Waals surface area contributed by atoms with E-state index in [0.717, 1.165) is 39.6 Å². The van der Waals surface area contributed by atoms with E-state index in [2.05, 4.69) is 16.4 Å². The summed E-state index contributed by atoms with van der Waals surface area (Å²) in [6, 6.07) is 11.9. The number of amides is 1. The minimum Gasteiger partial charge on any atom is -0.457 e. The lowest BCUT2D eigenvalue weighted by Gasteiger charge is -2.26. The number of nitrogens with zero attached hydrogens (tertiary/aromatic N) is 1. The first-order valence-electron chi connectivity index (χ1n) is 9.17. The van der Waals surface area contributed by atoms with E-state index in [9.17, 15) is 4.79 Å². The van der Waals surface area contributed by atoms with E-state index < -0.39 is 0 Å². The van der Waals surface area contributed by atoms with Crippen molar-refractivity contribution in [2.45, 2.75) is 31.8 Å². The molecule has 142 valence electrons. The summed E-state index contributed by atoms with van der Waals surface area (Å²) >= 11 is 1.61. The third-order valence-corrected chi connectivity index (χ3v) is 6.94. The molecule has 5 nitrogen and oxygen atoms in total. The van der Waals surface area contributed by atoms with Crippen LogP contribution in [0.25, 0.3) is 21.0 Å². The molecule has 2 saturated carbocycles. The number of halogens is 1. The molecule has 1 amide bonds. The van der Waals surface area contributed by atoms with Crippen LogP contribution < -0.4 is 11.1 Å². The first kappa shape index (κ1) is 18.5. The van der Waals surface area contributed by atoms with Gasteiger partial charge >= 0.3 is 0 Å². The fourth-order valence-corrected chi connectivity index (χ4v) is 5.51. The molecule has 2 bridgehead atoms. The summed E-state index contributed by atoms with van der Waals surface area (Å²) in [6.45, 7) is 0.393. The Kier molecular flexibility index (Phi) is 4.97. The van der Waals surface area contributed by atoms with Crippen molar-refractivity contribution < 1.29 is 9.21 Å². The van der Waals surface area contributed by atoms with Gasteiger partial charge in [0, 0.05) is 6.04 Å². The zero-order chi connectivity index (χ0) is 17.7. The molecule has 27 heavy (non-hydrogen) atoms. The topological polar surface area (TPSA) is 81.2 Å². The summed E-state index contributed by atoms with van der Waals surface area (Å²) in [5, 5.41) is 3.88. The highest BCUT2D eigenvalue weighted by molar-refractivity contribution is 7.21. The lowest BCUT2D eigenvalue weighted by atomic mass is 9.84. The second-order valence-electron chi connectivity index (χ2n) is 7.41. The summed E-state index contributed by atoms with van der Waals surface area (Å²) < 4.78 is 7.04. The number of para-hydroxylation sites is 1. The summed E-state index contributed by atoms with van der Waals surface area (Å²) in [5.74, 6) is 2.52. The molecule has 0 aliphatic heterocycles. The minimum absolute atomic E-state index is 0. The molecule has 7 heteroatoms. The predicted molar refractivity (Wildman–Crippen MR) is 109 cm³/mol. The molecule has 3 aromatic rings. The maximum atomic E-state index is 12.6. The third-order valence-electron chi connectivity index (χ3n) is 5.89. The number of nitrogens with one attached hydrogen (secondary N) is 1. The number of fused-ring (bicyclic) bond motifs is 3. The standard InChI is InChI=1S/C20H21N3O2S.ClH/c21-18-12-6-5-11(9-12)17(18)19(24)22-10-13-7-8-15(25-13)20-23-14-3-1-2-4-16(14)26-20;/h1-4,7-8,11-12,17-18H,5-6,9-10,21H2,(H,22,24);1H. The van der Waals surface area contributed by atoms with Gasteiger partial charge in [0.25, 0.3) is 0 Å². The third kappa shape index (κ3) is 3.26. The summed E-state index contributed by atoms with van der Waals surface area (Å²) in [6.07, 6.45) is 3.43. The van der Waals surface area contributed by atoms with Crippen molar-refractivity contribution in [1.82, 2.24) is 10.3 Å². The van der Waals surface area contributed by atoms with Crippen LogP contribution in [0.15, 0.2) is 40.8 Å². The Morgan fingerprint density at radius 3 is 2.81 bits per heavy atom. The fourth-order valence-electron chi connectivity index (χ4n) is 4.58. The van der Waals surface area contributed by atoms with Crippen LogP contribution >= 0.6 is 23.7 Å². The monoisotopic (exact) mass is 403 g/mol. The summed E-state index contributed by atoms with van der Waals surface area (Å²) in [7, 11) is 0. The number of rotatable bonds is 4. The van der Waals surface area contributed by atoms with E-state index >= 15 is 0 Å². The second-order valence-corrected chi connectivity index (χ2v) is 8.44. The van der Waals surface area contributed by atoms with E-state index in [4.69, 9.17) is 10.2 Å². The Bertz CT molecular complexity index is 934. The van der Waals surface area contributed by atoms with Gasteiger partial charge < -0.3 is 15.5 Å². The van der Waals surface area contributed by atoms with Gasteiger partial charge in [-0.15, -0.1) is 23.7 Å².